The van der Waals surface area contributed by atoms with Crippen LogP contribution in [0.5, 0.6) is 5.75 Å². The SMILES string of the molecule is CN(C(=O)CCc1ccc(OC(F)(F)F)cc1)C1CC2CCC(C1)N2.Cl. The van der Waals surface area contributed by atoms with E-state index in [1.54, 1.807) is 12.1 Å². The first-order valence-electron chi connectivity index (χ1n) is 8.66. The number of aryl methyl sites for hydroxylation is 1. The Morgan fingerprint density at radius 3 is 2.31 bits per heavy atom. The van der Waals surface area contributed by atoms with Gasteiger partial charge >= 0.3 is 6.36 Å². The third kappa shape index (κ3) is 5.51. The van der Waals surface area contributed by atoms with Gasteiger partial charge in [0.15, 0.2) is 0 Å². The van der Waals surface area contributed by atoms with Gasteiger partial charge in [-0.3, -0.25) is 4.79 Å². The van der Waals surface area contributed by atoms with Gasteiger partial charge in [0.1, 0.15) is 5.75 Å². The Morgan fingerprint density at radius 1 is 1.19 bits per heavy atom. The second kappa shape index (κ2) is 8.48. The van der Waals surface area contributed by atoms with Crippen LogP contribution in [0.2, 0.25) is 0 Å². The second-order valence-corrected chi connectivity index (χ2v) is 6.96. The van der Waals surface area contributed by atoms with E-state index < -0.39 is 6.36 Å². The lowest BCUT2D eigenvalue weighted by molar-refractivity contribution is -0.274. The molecule has 2 fully saturated rings. The molecule has 1 aromatic rings. The van der Waals surface area contributed by atoms with Gasteiger partial charge in [0.25, 0.3) is 0 Å². The highest BCUT2D eigenvalue weighted by Crippen LogP contribution is 2.29. The molecule has 8 heteroatoms. The molecule has 1 aromatic carbocycles. The van der Waals surface area contributed by atoms with Crippen molar-refractivity contribution in [2.24, 2.45) is 0 Å². The molecule has 2 bridgehead atoms. The Bertz CT molecular complexity index is 597. The molecule has 2 atom stereocenters. The van der Waals surface area contributed by atoms with E-state index in [2.05, 4.69) is 10.1 Å². The number of halogens is 4. The minimum atomic E-state index is -4.69. The number of fused-ring (bicyclic) bond motifs is 2. The maximum Gasteiger partial charge on any atom is 0.573 e. The lowest BCUT2D eigenvalue weighted by atomic mass is 9.98. The molecule has 2 unspecified atom stereocenters. The number of hydrogen-bond donors (Lipinski definition) is 1. The number of benzene rings is 1. The predicted octanol–water partition coefficient (Wildman–Crippen LogP) is 3.68. The standard InChI is InChI=1S/C18H23F3N2O2.ClH/c1-23(15-10-13-5-6-14(11-15)22-13)17(24)9-4-12-2-7-16(8-3-12)25-18(19,20)21;/h2-3,7-8,13-15,22H,4-6,9-11H2,1H3;1H. The highest BCUT2D eigenvalue weighted by molar-refractivity contribution is 5.85. The second-order valence-electron chi connectivity index (χ2n) is 6.96. The summed E-state index contributed by atoms with van der Waals surface area (Å²) < 4.78 is 40.3. The quantitative estimate of drug-likeness (QED) is 0.831. The van der Waals surface area contributed by atoms with Gasteiger partial charge in [-0.25, -0.2) is 0 Å². The van der Waals surface area contributed by atoms with E-state index in [-0.39, 0.29) is 30.1 Å². The minimum absolute atomic E-state index is 0. The van der Waals surface area contributed by atoms with Crippen molar-refractivity contribution in [1.29, 1.82) is 0 Å². The van der Waals surface area contributed by atoms with E-state index in [1.807, 2.05) is 11.9 Å². The first-order chi connectivity index (χ1) is 11.8. The van der Waals surface area contributed by atoms with Crippen LogP contribution in [0.4, 0.5) is 13.2 Å². The van der Waals surface area contributed by atoms with E-state index in [4.69, 9.17) is 0 Å². The zero-order valence-corrected chi connectivity index (χ0v) is 15.4. The molecule has 1 N–H and O–H groups in total. The molecule has 2 saturated heterocycles. The van der Waals surface area contributed by atoms with Gasteiger partial charge < -0.3 is 15.0 Å². The number of amides is 1. The Labute approximate surface area is 157 Å². The van der Waals surface area contributed by atoms with Crippen molar-refractivity contribution in [3.05, 3.63) is 29.8 Å². The number of rotatable bonds is 5. The Hall–Kier alpha value is -1.47. The average Bonchev–Trinajstić information content (AvgIpc) is 2.90. The fourth-order valence-electron chi connectivity index (χ4n) is 3.83. The number of alkyl halides is 3. The molecule has 0 saturated carbocycles. The molecular weight excluding hydrogens is 369 g/mol. The van der Waals surface area contributed by atoms with Crippen LogP contribution in [0.25, 0.3) is 0 Å². The number of carbonyl (C=O) groups is 1. The van der Waals surface area contributed by atoms with Crippen molar-refractivity contribution in [3.8, 4) is 5.75 Å². The summed E-state index contributed by atoms with van der Waals surface area (Å²) in [5.41, 5.74) is 0.821. The molecule has 0 aliphatic carbocycles. The summed E-state index contributed by atoms with van der Waals surface area (Å²) in [5, 5.41) is 3.56. The van der Waals surface area contributed by atoms with Gasteiger partial charge in [0, 0.05) is 31.6 Å². The molecular formula is C18H24ClF3N2O2. The van der Waals surface area contributed by atoms with Crippen molar-refractivity contribution in [2.45, 2.75) is 63.0 Å². The zero-order valence-electron chi connectivity index (χ0n) is 14.6. The molecule has 4 nitrogen and oxygen atoms in total. The summed E-state index contributed by atoms with van der Waals surface area (Å²) in [6, 6.07) is 7.04. The topological polar surface area (TPSA) is 41.6 Å². The van der Waals surface area contributed by atoms with Crippen molar-refractivity contribution in [1.82, 2.24) is 10.2 Å². The van der Waals surface area contributed by atoms with Crippen LogP contribution in [-0.4, -0.2) is 42.3 Å². The fourth-order valence-corrected chi connectivity index (χ4v) is 3.83. The van der Waals surface area contributed by atoms with Crippen LogP contribution < -0.4 is 10.1 Å². The van der Waals surface area contributed by atoms with Crippen LogP contribution >= 0.6 is 12.4 Å². The van der Waals surface area contributed by atoms with E-state index in [1.165, 1.54) is 25.0 Å². The summed E-state index contributed by atoms with van der Waals surface area (Å²) in [7, 11) is 1.86. The molecule has 2 aliphatic rings. The molecule has 3 rings (SSSR count). The lowest BCUT2D eigenvalue weighted by Crippen LogP contribution is -2.48. The Morgan fingerprint density at radius 2 is 1.77 bits per heavy atom. The molecule has 0 spiro atoms. The summed E-state index contributed by atoms with van der Waals surface area (Å²) in [5.74, 6) is -0.160. The predicted molar refractivity (Wildman–Crippen MR) is 94.4 cm³/mol. The van der Waals surface area contributed by atoms with Crippen LogP contribution in [0, 0.1) is 0 Å². The fraction of sp³-hybridized carbons (Fsp3) is 0.611. The summed E-state index contributed by atoms with van der Waals surface area (Å²) in [4.78, 5) is 14.3. The van der Waals surface area contributed by atoms with Gasteiger partial charge in [-0.2, -0.15) is 0 Å². The summed E-state index contributed by atoms with van der Waals surface area (Å²) >= 11 is 0. The molecule has 0 radical (unpaired) electrons. The first-order valence-corrected chi connectivity index (χ1v) is 8.66. The van der Waals surface area contributed by atoms with Gasteiger partial charge in [0.2, 0.25) is 5.91 Å². The molecule has 2 aliphatic heterocycles. The molecule has 1 amide bonds. The van der Waals surface area contributed by atoms with Crippen LogP contribution in [-0.2, 0) is 11.2 Å². The van der Waals surface area contributed by atoms with Crippen LogP contribution in [0.15, 0.2) is 24.3 Å². The summed E-state index contributed by atoms with van der Waals surface area (Å²) in [6.45, 7) is 0. The first kappa shape index (κ1) is 20.8. The maximum absolute atomic E-state index is 12.4. The van der Waals surface area contributed by atoms with Crippen molar-refractivity contribution < 1.29 is 22.7 Å². The van der Waals surface area contributed by atoms with Crippen molar-refractivity contribution in [2.75, 3.05) is 7.05 Å². The molecule has 26 heavy (non-hydrogen) atoms. The van der Waals surface area contributed by atoms with E-state index >= 15 is 0 Å². The van der Waals surface area contributed by atoms with Crippen LogP contribution in [0.1, 0.15) is 37.7 Å². The molecule has 2 heterocycles. The Kier molecular flexibility index (Phi) is 6.80. The number of nitrogens with zero attached hydrogens (tertiary/aromatic N) is 1. The molecule has 146 valence electrons. The number of ether oxygens (including phenoxy) is 1. The van der Waals surface area contributed by atoms with E-state index in [0.29, 0.717) is 24.9 Å². The van der Waals surface area contributed by atoms with Crippen LogP contribution in [0.3, 0.4) is 0 Å². The minimum Gasteiger partial charge on any atom is -0.406 e. The maximum atomic E-state index is 12.4. The number of carbonyl (C=O) groups excluding carboxylic acids is 1. The van der Waals surface area contributed by atoms with E-state index in [0.717, 1.165) is 18.4 Å². The number of nitrogens with one attached hydrogen (secondary N) is 1. The van der Waals surface area contributed by atoms with Gasteiger partial charge in [-0.1, -0.05) is 12.1 Å². The summed E-state index contributed by atoms with van der Waals surface area (Å²) in [6.07, 6.45) is 0.562. The highest BCUT2D eigenvalue weighted by Gasteiger charge is 2.36. The van der Waals surface area contributed by atoms with Gasteiger partial charge in [0.05, 0.1) is 0 Å². The average molecular weight is 393 g/mol. The van der Waals surface area contributed by atoms with E-state index in [9.17, 15) is 18.0 Å². The highest BCUT2D eigenvalue weighted by atomic mass is 35.5. The monoisotopic (exact) mass is 392 g/mol. The van der Waals surface area contributed by atoms with Gasteiger partial charge in [-0.15, -0.1) is 25.6 Å². The normalized spacial score (nSPS) is 24.7. The lowest BCUT2D eigenvalue weighted by Gasteiger charge is -2.35. The van der Waals surface area contributed by atoms with Crippen molar-refractivity contribution in [3.63, 3.8) is 0 Å². The third-order valence-electron chi connectivity index (χ3n) is 5.17. The molecule has 0 aromatic heterocycles. The Balaban J connectivity index is 0.00000243. The smallest absolute Gasteiger partial charge is 0.406 e. The number of hydrogen-bond acceptors (Lipinski definition) is 3. The number of piperidine rings is 1. The van der Waals surface area contributed by atoms with Gasteiger partial charge in [-0.05, 0) is 49.8 Å². The third-order valence-corrected chi connectivity index (χ3v) is 5.17. The van der Waals surface area contributed by atoms with Crippen molar-refractivity contribution >= 4 is 18.3 Å². The largest absolute Gasteiger partial charge is 0.573 e. The zero-order chi connectivity index (χ0) is 18.0.